The smallest absolute Gasteiger partial charge is 0.197 e. The number of nitriles is 1. The molecule has 3 rings (SSSR count). The van der Waals surface area contributed by atoms with Crippen LogP contribution in [0, 0.1) is 23.2 Å². The molecule has 0 N–H and O–H groups in total. The lowest BCUT2D eigenvalue weighted by Gasteiger charge is -2.31. The fourth-order valence-corrected chi connectivity index (χ4v) is 5.29. The summed E-state index contributed by atoms with van der Waals surface area (Å²) in [5.74, 6) is 0.287. The molecule has 0 saturated heterocycles. The highest BCUT2D eigenvalue weighted by molar-refractivity contribution is 7.15. The summed E-state index contributed by atoms with van der Waals surface area (Å²) in [7, 11) is 0. The van der Waals surface area contributed by atoms with Crippen LogP contribution in [0.1, 0.15) is 36.8 Å². The number of thiophene rings is 1. The van der Waals surface area contributed by atoms with Crippen molar-refractivity contribution in [3.63, 3.8) is 0 Å². The summed E-state index contributed by atoms with van der Waals surface area (Å²) in [5, 5.41) is 9.84. The molecule has 0 unspecified atom stereocenters. The molecular formula is C19H18F3NS. The van der Waals surface area contributed by atoms with Crippen LogP contribution in [0.25, 0.3) is 10.4 Å². The second kappa shape index (κ2) is 5.63. The number of nitrogens with zero attached hydrogens (tertiary/aromatic N) is 1. The molecule has 0 bridgehead atoms. The average Bonchev–Trinajstić information content (AvgIpc) is 3.02. The van der Waals surface area contributed by atoms with Crippen molar-refractivity contribution in [2.24, 2.45) is 11.8 Å². The molecule has 0 amide bonds. The largest absolute Gasteiger partial charge is 0.417 e. The highest BCUT2D eigenvalue weighted by Gasteiger charge is 2.49. The topological polar surface area (TPSA) is 23.8 Å². The number of alkyl halides is 3. The molecule has 1 heterocycles. The first kappa shape index (κ1) is 17.0. The van der Waals surface area contributed by atoms with Gasteiger partial charge in [-0.25, -0.2) is 0 Å². The molecule has 1 aliphatic rings. The van der Waals surface area contributed by atoms with Crippen LogP contribution >= 0.6 is 11.3 Å². The lowest BCUT2D eigenvalue weighted by atomic mass is 9.69. The van der Waals surface area contributed by atoms with Crippen LogP contribution in [0.2, 0.25) is 0 Å². The van der Waals surface area contributed by atoms with Gasteiger partial charge in [-0.2, -0.15) is 18.4 Å². The lowest BCUT2D eigenvalue weighted by molar-refractivity contribution is -0.137. The van der Waals surface area contributed by atoms with E-state index < -0.39 is 17.2 Å². The predicted molar refractivity (Wildman–Crippen MR) is 89.8 cm³/mol. The van der Waals surface area contributed by atoms with Crippen molar-refractivity contribution in [1.82, 2.24) is 0 Å². The van der Waals surface area contributed by atoms with Crippen LogP contribution in [0.15, 0.2) is 30.3 Å². The van der Waals surface area contributed by atoms with Crippen molar-refractivity contribution in [2.75, 3.05) is 0 Å². The summed E-state index contributed by atoms with van der Waals surface area (Å²) in [6, 6.07) is 9.95. The first-order valence-electron chi connectivity index (χ1n) is 7.92. The molecule has 1 aromatic heterocycles. The molecule has 2 aromatic rings. The summed E-state index contributed by atoms with van der Waals surface area (Å²) in [4.78, 5) is 1.64. The zero-order valence-corrected chi connectivity index (χ0v) is 14.6. The van der Waals surface area contributed by atoms with E-state index in [2.05, 4.69) is 13.0 Å². The Morgan fingerprint density at radius 2 is 1.96 bits per heavy atom. The first-order chi connectivity index (χ1) is 11.2. The average molecular weight is 349 g/mol. The van der Waals surface area contributed by atoms with E-state index >= 15 is 0 Å². The van der Waals surface area contributed by atoms with Crippen molar-refractivity contribution >= 4 is 11.3 Å². The third kappa shape index (κ3) is 2.36. The Kier molecular flexibility index (Phi) is 4.00. The van der Waals surface area contributed by atoms with Gasteiger partial charge in [0.15, 0.2) is 0 Å². The van der Waals surface area contributed by atoms with E-state index in [1.807, 2.05) is 19.9 Å². The minimum absolute atomic E-state index is 0.110. The Bertz CT molecular complexity index is 813. The van der Waals surface area contributed by atoms with Crippen molar-refractivity contribution < 1.29 is 13.2 Å². The van der Waals surface area contributed by atoms with Crippen LogP contribution in [0.4, 0.5) is 13.2 Å². The summed E-state index contributed by atoms with van der Waals surface area (Å²) in [6.45, 7) is 6.07. The van der Waals surface area contributed by atoms with Gasteiger partial charge in [-0.3, -0.25) is 0 Å². The van der Waals surface area contributed by atoms with Crippen molar-refractivity contribution in [2.45, 2.75) is 38.8 Å². The molecule has 0 spiro atoms. The molecule has 2 atom stereocenters. The van der Waals surface area contributed by atoms with Gasteiger partial charge in [-0.1, -0.05) is 39.0 Å². The van der Waals surface area contributed by atoms with Crippen LogP contribution in [-0.2, 0) is 18.0 Å². The molecule has 0 fully saturated rings. The van der Waals surface area contributed by atoms with Crippen LogP contribution in [0.3, 0.4) is 0 Å². The Morgan fingerprint density at radius 3 is 2.54 bits per heavy atom. The fourth-order valence-electron chi connectivity index (χ4n) is 3.89. The Hall–Kier alpha value is -1.80. The van der Waals surface area contributed by atoms with Crippen molar-refractivity contribution in [3.8, 4) is 16.5 Å². The van der Waals surface area contributed by atoms with Gasteiger partial charge in [-0.05, 0) is 36.0 Å². The second-order valence-electron chi connectivity index (χ2n) is 6.73. The Balaban J connectivity index is 2.17. The van der Waals surface area contributed by atoms with Crippen molar-refractivity contribution in [1.29, 1.82) is 5.26 Å². The molecule has 24 heavy (non-hydrogen) atoms. The second-order valence-corrected chi connectivity index (χ2v) is 7.87. The van der Waals surface area contributed by atoms with E-state index in [0.29, 0.717) is 4.88 Å². The van der Waals surface area contributed by atoms with E-state index in [1.165, 1.54) is 23.5 Å². The maximum absolute atomic E-state index is 13.3. The summed E-state index contributed by atoms with van der Waals surface area (Å²) in [6.07, 6.45) is -3.64. The van der Waals surface area contributed by atoms with E-state index in [0.717, 1.165) is 22.9 Å². The number of halogens is 3. The number of hydrogen-bond donors (Lipinski definition) is 0. The van der Waals surface area contributed by atoms with Gasteiger partial charge < -0.3 is 0 Å². The van der Waals surface area contributed by atoms with Gasteiger partial charge >= 0.3 is 6.18 Å². The van der Waals surface area contributed by atoms with Gasteiger partial charge in [0.2, 0.25) is 0 Å². The van der Waals surface area contributed by atoms with E-state index in [9.17, 15) is 18.4 Å². The van der Waals surface area contributed by atoms with Crippen LogP contribution in [-0.4, -0.2) is 0 Å². The number of hydrogen-bond acceptors (Lipinski definition) is 2. The Labute approximate surface area is 143 Å². The first-order valence-corrected chi connectivity index (χ1v) is 8.74. The summed E-state index contributed by atoms with van der Waals surface area (Å²) >= 11 is 1.39. The lowest BCUT2D eigenvalue weighted by Crippen LogP contribution is -2.34. The molecule has 0 aliphatic heterocycles. The number of fused-ring (bicyclic) bond motifs is 1. The minimum Gasteiger partial charge on any atom is -0.197 e. The normalized spacial score (nSPS) is 23.3. The maximum atomic E-state index is 13.3. The van der Waals surface area contributed by atoms with Crippen LogP contribution in [0.5, 0.6) is 0 Å². The van der Waals surface area contributed by atoms with Crippen molar-refractivity contribution in [3.05, 3.63) is 46.3 Å². The van der Waals surface area contributed by atoms with Gasteiger partial charge in [0, 0.05) is 15.3 Å². The zero-order chi connectivity index (χ0) is 17.7. The molecule has 126 valence electrons. The van der Waals surface area contributed by atoms with E-state index in [-0.39, 0.29) is 17.4 Å². The van der Waals surface area contributed by atoms with Crippen LogP contribution < -0.4 is 0 Å². The highest BCUT2D eigenvalue weighted by atomic mass is 32.1. The monoisotopic (exact) mass is 349 g/mol. The van der Waals surface area contributed by atoms with E-state index in [4.69, 9.17) is 0 Å². The molecule has 0 saturated carbocycles. The summed E-state index contributed by atoms with van der Waals surface area (Å²) < 4.78 is 39.9. The Morgan fingerprint density at radius 1 is 1.29 bits per heavy atom. The molecule has 5 heteroatoms. The minimum atomic E-state index is -4.39. The quantitative estimate of drug-likeness (QED) is 0.648. The van der Waals surface area contributed by atoms with Gasteiger partial charge in [-0.15, -0.1) is 11.3 Å². The van der Waals surface area contributed by atoms with Gasteiger partial charge in [0.05, 0.1) is 17.0 Å². The molecule has 1 aliphatic carbocycles. The standard InChI is InChI=1S/C19H18F3NS/c1-11(2)18(10-23)12(3)8-17-15(18)9-16(24-17)13-6-4-5-7-14(13)19(20,21)22/h4-7,9,11-12H,8H2,1-3H3/t12-,18+/m0/s1. The molecule has 1 nitrogen and oxygen atoms in total. The molecular weight excluding hydrogens is 331 g/mol. The number of rotatable bonds is 2. The van der Waals surface area contributed by atoms with Gasteiger partial charge in [0.25, 0.3) is 0 Å². The molecule has 1 aromatic carbocycles. The number of benzene rings is 1. The fraction of sp³-hybridized carbons (Fsp3) is 0.421. The molecule has 0 radical (unpaired) electrons. The van der Waals surface area contributed by atoms with E-state index in [1.54, 1.807) is 6.07 Å². The maximum Gasteiger partial charge on any atom is 0.417 e. The zero-order valence-electron chi connectivity index (χ0n) is 13.7. The SMILES string of the molecule is CC(C)[C@@]1(C#N)c2cc(-c3ccccc3C(F)(F)F)sc2C[C@@H]1C. The van der Waals surface area contributed by atoms with Gasteiger partial charge in [0.1, 0.15) is 0 Å². The highest BCUT2D eigenvalue weighted by Crippen LogP contribution is 2.53. The summed E-state index contributed by atoms with van der Waals surface area (Å²) in [5.41, 5.74) is -0.112. The third-order valence-electron chi connectivity index (χ3n) is 5.12. The predicted octanol–water partition coefficient (Wildman–Crippen LogP) is 6.04. The third-order valence-corrected chi connectivity index (χ3v) is 6.31.